The molecule has 0 saturated carbocycles. The Morgan fingerprint density at radius 1 is 1.28 bits per heavy atom. The van der Waals surface area contributed by atoms with E-state index in [4.69, 9.17) is 9.47 Å². The van der Waals surface area contributed by atoms with Gasteiger partial charge in [0.1, 0.15) is 17.4 Å². The zero-order chi connectivity index (χ0) is 19.0. The molecule has 0 heterocycles. The van der Waals surface area contributed by atoms with Crippen molar-refractivity contribution >= 4 is 12.1 Å². The summed E-state index contributed by atoms with van der Waals surface area (Å²) < 4.78 is 10.5. The number of rotatable bonds is 8. The van der Waals surface area contributed by atoms with Gasteiger partial charge in [0.25, 0.3) is 0 Å². The van der Waals surface area contributed by atoms with Crippen molar-refractivity contribution in [1.29, 1.82) is 0 Å². The highest BCUT2D eigenvalue weighted by molar-refractivity contribution is 5.80. The number of aliphatic carboxylic acids is 1. The topological polar surface area (TPSA) is 76.1 Å². The maximum Gasteiger partial charge on any atom is 0.411 e. The van der Waals surface area contributed by atoms with Gasteiger partial charge in [-0.2, -0.15) is 0 Å². The molecule has 138 valence electrons. The zero-order valence-electron chi connectivity index (χ0n) is 15.3. The lowest BCUT2D eigenvalue weighted by Gasteiger charge is -2.31. The predicted molar refractivity (Wildman–Crippen MR) is 95.6 cm³/mol. The van der Waals surface area contributed by atoms with Crippen molar-refractivity contribution in [2.45, 2.75) is 51.8 Å². The molecular weight excluding hydrogens is 322 g/mol. The maximum absolute atomic E-state index is 12.6. The molecular formula is C19H27NO5. The number of carboxylic acid groups (broad SMARTS) is 1. The number of benzene rings is 1. The quantitative estimate of drug-likeness (QED) is 0.721. The molecule has 0 radical (unpaired) electrons. The van der Waals surface area contributed by atoms with Gasteiger partial charge in [0.05, 0.1) is 7.11 Å². The first-order valence-electron chi connectivity index (χ1n) is 8.14. The highest BCUT2D eigenvalue weighted by atomic mass is 16.6. The molecule has 0 aliphatic rings. The van der Waals surface area contributed by atoms with E-state index in [0.717, 1.165) is 5.56 Å². The summed E-state index contributed by atoms with van der Waals surface area (Å²) in [6, 6.07) is 6.13. The average molecular weight is 349 g/mol. The van der Waals surface area contributed by atoms with E-state index in [2.05, 4.69) is 6.58 Å². The van der Waals surface area contributed by atoms with Gasteiger partial charge in [0.2, 0.25) is 0 Å². The summed E-state index contributed by atoms with van der Waals surface area (Å²) in [5.74, 6) is -0.379. The first-order chi connectivity index (χ1) is 11.7. The molecule has 1 aromatic rings. The number of carbonyl (C=O) groups is 2. The van der Waals surface area contributed by atoms with E-state index in [9.17, 15) is 14.7 Å². The van der Waals surface area contributed by atoms with E-state index in [1.807, 2.05) is 0 Å². The van der Waals surface area contributed by atoms with E-state index >= 15 is 0 Å². The molecule has 0 saturated heterocycles. The number of amides is 1. The van der Waals surface area contributed by atoms with Gasteiger partial charge in [-0.15, -0.1) is 6.58 Å². The lowest BCUT2D eigenvalue weighted by atomic mass is 10.1. The van der Waals surface area contributed by atoms with E-state index in [0.29, 0.717) is 12.2 Å². The number of hydrogen-bond acceptors (Lipinski definition) is 4. The second-order valence-corrected chi connectivity index (χ2v) is 6.68. The number of ether oxygens (including phenoxy) is 2. The molecule has 1 aromatic carbocycles. The fraction of sp³-hybridized carbons (Fsp3) is 0.474. The standard InChI is InChI=1S/C19H27NO5/c1-6-7-8-16(17(21)22)20(18(23)25-19(2,3)4)13-14-9-11-15(24-5)12-10-14/h6,9-12,16H,1,7-8,13H2,2-5H3,(H,21,22)/t16-/m0/s1. The molecule has 0 bridgehead atoms. The Morgan fingerprint density at radius 3 is 2.32 bits per heavy atom. The first kappa shape index (κ1) is 20.5. The Hall–Kier alpha value is -2.50. The highest BCUT2D eigenvalue weighted by Gasteiger charge is 2.32. The fourth-order valence-electron chi connectivity index (χ4n) is 2.24. The fourth-order valence-corrected chi connectivity index (χ4v) is 2.24. The molecule has 6 nitrogen and oxygen atoms in total. The van der Waals surface area contributed by atoms with Crippen LogP contribution in [0.3, 0.4) is 0 Å². The van der Waals surface area contributed by atoms with E-state index < -0.39 is 23.7 Å². The molecule has 0 aromatic heterocycles. The van der Waals surface area contributed by atoms with E-state index in [1.165, 1.54) is 4.90 Å². The summed E-state index contributed by atoms with van der Waals surface area (Å²) >= 11 is 0. The van der Waals surface area contributed by atoms with Crippen LogP contribution < -0.4 is 4.74 Å². The van der Waals surface area contributed by atoms with Crippen molar-refractivity contribution in [2.75, 3.05) is 7.11 Å². The Bertz CT molecular complexity index is 589. The van der Waals surface area contributed by atoms with Crippen LogP contribution in [0.1, 0.15) is 39.2 Å². The number of methoxy groups -OCH3 is 1. The Morgan fingerprint density at radius 2 is 1.88 bits per heavy atom. The van der Waals surface area contributed by atoms with Crippen LogP contribution in [0.25, 0.3) is 0 Å². The minimum atomic E-state index is -1.07. The molecule has 1 rings (SSSR count). The van der Waals surface area contributed by atoms with Gasteiger partial charge >= 0.3 is 12.1 Å². The van der Waals surface area contributed by atoms with Gasteiger partial charge in [0.15, 0.2) is 0 Å². The third kappa shape index (κ3) is 6.87. The molecule has 0 aliphatic heterocycles. The van der Waals surface area contributed by atoms with Crippen LogP contribution in [0.2, 0.25) is 0 Å². The number of allylic oxidation sites excluding steroid dienone is 1. The Labute approximate surface area is 149 Å². The van der Waals surface area contributed by atoms with Crippen LogP contribution in [0.4, 0.5) is 4.79 Å². The Kier molecular flexibility index (Phi) is 7.48. The molecule has 0 spiro atoms. The molecule has 1 N–H and O–H groups in total. The third-order valence-electron chi connectivity index (χ3n) is 3.45. The van der Waals surface area contributed by atoms with Crippen molar-refractivity contribution in [1.82, 2.24) is 4.90 Å². The van der Waals surface area contributed by atoms with Crippen LogP contribution in [0, 0.1) is 0 Å². The van der Waals surface area contributed by atoms with Crippen molar-refractivity contribution in [3.8, 4) is 5.75 Å². The molecule has 1 atom stereocenters. The highest BCUT2D eigenvalue weighted by Crippen LogP contribution is 2.20. The van der Waals surface area contributed by atoms with Crippen LogP contribution in [0.5, 0.6) is 5.75 Å². The predicted octanol–water partition coefficient (Wildman–Crippen LogP) is 3.85. The molecule has 25 heavy (non-hydrogen) atoms. The van der Waals surface area contributed by atoms with Crippen molar-refractivity contribution < 1.29 is 24.2 Å². The first-order valence-corrected chi connectivity index (χ1v) is 8.14. The average Bonchev–Trinajstić information content (AvgIpc) is 2.52. The SMILES string of the molecule is C=CCC[C@@H](C(=O)O)N(Cc1ccc(OC)cc1)C(=O)OC(C)(C)C. The van der Waals surface area contributed by atoms with Crippen LogP contribution in [0.15, 0.2) is 36.9 Å². The molecule has 6 heteroatoms. The number of nitrogens with zero attached hydrogens (tertiary/aromatic N) is 1. The summed E-state index contributed by atoms with van der Waals surface area (Å²) in [5, 5.41) is 9.57. The monoisotopic (exact) mass is 349 g/mol. The molecule has 0 fully saturated rings. The second-order valence-electron chi connectivity index (χ2n) is 6.68. The van der Waals surface area contributed by atoms with Gasteiger partial charge in [-0.05, 0) is 51.3 Å². The van der Waals surface area contributed by atoms with Crippen molar-refractivity contribution in [3.05, 3.63) is 42.5 Å². The van der Waals surface area contributed by atoms with Gasteiger partial charge < -0.3 is 14.6 Å². The summed E-state index contributed by atoms with van der Waals surface area (Å²) in [4.78, 5) is 25.5. The molecule has 0 aliphatic carbocycles. The largest absolute Gasteiger partial charge is 0.497 e. The minimum absolute atomic E-state index is 0.132. The van der Waals surface area contributed by atoms with Gasteiger partial charge in [-0.3, -0.25) is 4.90 Å². The lowest BCUT2D eigenvalue weighted by molar-refractivity contribution is -0.143. The minimum Gasteiger partial charge on any atom is -0.497 e. The molecule has 1 amide bonds. The normalized spacial score (nSPS) is 12.2. The van der Waals surface area contributed by atoms with Crippen LogP contribution in [-0.4, -0.2) is 40.8 Å². The van der Waals surface area contributed by atoms with Gasteiger partial charge in [-0.1, -0.05) is 18.2 Å². The van der Waals surface area contributed by atoms with Crippen molar-refractivity contribution in [2.24, 2.45) is 0 Å². The number of hydrogen-bond donors (Lipinski definition) is 1. The Balaban J connectivity index is 3.08. The maximum atomic E-state index is 12.6. The summed E-state index contributed by atoms with van der Waals surface area (Å²) in [5.41, 5.74) is 0.0769. The van der Waals surface area contributed by atoms with Crippen molar-refractivity contribution in [3.63, 3.8) is 0 Å². The van der Waals surface area contributed by atoms with E-state index in [1.54, 1.807) is 58.2 Å². The summed E-state index contributed by atoms with van der Waals surface area (Å²) in [6.45, 7) is 8.99. The number of carbonyl (C=O) groups excluding carboxylic acids is 1. The van der Waals surface area contributed by atoms with E-state index in [-0.39, 0.29) is 13.0 Å². The van der Waals surface area contributed by atoms with Crippen LogP contribution >= 0.6 is 0 Å². The van der Waals surface area contributed by atoms with Gasteiger partial charge in [-0.25, -0.2) is 9.59 Å². The number of carboxylic acids is 1. The third-order valence-corrected chi connectivity index (χ3v) is 3.45. The summed E-state index contributed by atoms with van der Waals surface area (Å²) in [6.07, 6.45) is 1.74. The van der Waals surface area contributed by atoms with Gasteiger partial charge in [0, 0.05) is 6.54 Å². The zero-order valence-corrected chi connectivity index (χ0v) is 15.3. The molecule has 0 unspecified atom stereocenters. The smallest absolute Gasteiger partial charge is 0.411 e. The lowest BCUT2D eigenvalue weighted by Crippen LogP contribution is -2.46. The van der Waals surface area contributed by atoms with Crippen LogP contribution in [-0.2, 0) is 16.1 Å². The second kappa shape index (κ2) is 9.11. The summed E-state index contributed by atoms with van der Waals surface area (Å²) in [7, 11) is 1.57.